The molecule has 6 N–H and O–H groups in total. The molecule has 0 saturated carbocycles. The van der Waals surface area contributed by atoms with Crippen LogP contribution >= 0.6 is 0 Å². The molecule has 11 heteroatoms. The van der Waals surface area contributed by atoms with Crippen LogP contribution in [0.3, 0.4) is 0 Å². The van der Waals surface area contributed by atoms with E-state index in [9.17, 15) is 35.1 Å². The lowest BCUT2D eigenvalue weighted by molar-refractivity contribution is -0.305. The van der Waals surface area contributed by atoms with E-state index in [1.807, 2.05) is 60.8 Å². The van der Waals surface area contributed by atoms with Crippen LogP contribution in [0.1, 0.15) is 245 Å². The minimum absolute atomic E-state index is 0.104. The van der Waals surface area contributed by atoms with Gasteiger partial charge in [-0.05, 0) is 83.5 Å². The maximum absolute atomic E-state index is 13.4. The number of carbonyl (C=O) groups excluding carboxylic acids is 2. The van der Waals surface area contributed by atoms with Crippen molar-refractivity contribution in [1.82, 2.24) is 5.32 Å². The molecular formula is C70H117NO10. The molecule has 1 fully saturated rings. The number of hydrogen-bond acceptors (Lipinski definition) is 10. The summed E-state index contributed by atoms with van der Waals surface area (Å²) >= 11 is 0. The van der Waals surface area contributed by atoms with Gasteiger partial charge in [-0.25, -0.2) is 0 Å². The number of esters is 1. The molecule has 1 saturated heterocycles. The summed E-state index contributed by atoms with van der Waals surface area (Å²) in [7, 11) is 0. The zero-order chi connectivity index (χ0) is 58.9. The highest BCUT2D eigenvalue weighted by atomic mass is 16.7. The van der Waals surface area contributed by atoms with Crippen LogP contribution in [-0.2, 0) is 23.8 Å². The minimum Gasteiger partial charge on any atom is -0.454 e. The Bertz CT molecular complexity index is 1780. The lowest BCUT2D eigenvalue weighted by Gasteiger charge is -2.41. The Morgan fingerprint density at radius 3 is 1.44 bits per heavy atom. The minimum atomic E-state index is -1.64. The standard InChI is InChI=1S/C70H117NO10/c1-4-7-10-13-16-19-22-25-26-27-28-29-30-31-32-33-34-35-36-37-38-40-43-46-49-52-55-58-65(75)81-68-67(77)66(76)64(59-72)80-70(68)79-60-61(62(73)56-53-50-47-44-42-39-23-20-17-14-11-8-5-2)71-69(78)63(74)57-54-51-48-45-41-24-21-18-15-12-9-6-3/h9,12,15-16,18-19,21,24-26,28-29,31-32,41,45,48,51,53,56,61-64,66-68,70,72-74,76-77H,4-8,10-11,13-14,17,20,22-23,27,30,33-40,42-44,46-47,49-50,52,54-55,57-60H2,1-3H3,(H,71,78)/b12-9+,18-15+,19-16-,24-21-,26-25-,29-28-,32-31-,45-41-,51-48+,56-53+. The van der Waals surface area contributed by atoms with Gasteiger partial charge in [-0.3, -0.25) is 9.59 Å². The highest BCUT2D eigenvalue weighted by molar-refractivity contribution is 5.80. The molecule has 8 atom stereocenters. The third-order valence-corrected chi connectivity index (χ3v) is 14.5. The number of rotatable bonds is 53. The Balaban J connectivity index is 2.61. The van der Waals surface area contributed by atoms with Crippen molar-refractivity contribution in [3.63, 3.8) is 0 Å². The molecule has 0 aromatic carbocycles. The zero-order valence-corrected chi connectivity index (χ0v) is 51.1. The van der Waals surface area contributed by atoms with E-state index in [1.54, 1.807) is 6.08 Å². The molecular weight excluding hydrogens is 1010 g/mol. The van der Waals surface area contributed by atoms with Crippen LogP contribution in [0.4, 0.5) is 0 Å². The average molecular weight is 1130 g/mol. The third kappa shape index (κ3) is 44.3. The quantitative estimate of drug-likeness (QED) is 0.0149. The largest absolute Gasteiger partial charge is 0.454 e. The van der Waals surface area contributed by atoms with E-state index >= 15 is 0 Å². The lowest BCUT2D eigenvalue weighted by atomic mass is 9.99. The number of unbranched alkanes of at least 4 members (excludes halogenated alkanes) is 25. The van der Waals surface area contributed by atoms with Crippen molar-refractivity contribution in [2.24, 2.45) is 0 Å². The van der Waals surface area contributed by atoms with E-state index in [1.165, 1.54) is 116 Å². The number of allylic oxidation sites excluding steroid dienone is 19. The van der Waals surface area contributed by atoms with Crippen LogP contribution in [0.25, 0.3) is 0 Å². The maximum atomic E-state index is 13.4. The molecule has 0 aliphatic carbocycles. The van der Waals surface area contributed by atoms with E-state index in [2.05, 4.69) is 80.8 Å². The fraction of sp³-hybridized carbons (Fsp3) is 0.686. The van der Waals surface area contributed by atoms with Gasteiger partial charge in [0.15, 0.2) is 12.4 Å². The molecule has 0 aromatic heterocycles. The van der Waals surface area contributed by atoms with Crippen molar-refractivity contribution in [3.8, 4) is 0 Å². The summed E-state index contributed by atoms with van der Waals surface area (Å²) in [6, 6.07) is -1.07. The first kappa shape index (κ1) is 75.1. The first-order valence-electron chi connectivity index (χ1n) is 32.4. The monoisotopic (exact) mass is 1130 g/mol. The van der Waals surface area contributed by atoms with Gasteiger partial charge >= 0.3 is 5.97 Å². The SMILES string of the molecule is CC/C=C/C=C/C=C\C=C/C=C/CCC(O)C(=O)NC(COC1OC(CO)C(O)C(O)C1OC(=O)CCCCCCCCCCCCC/C=C\C/C=C\C/C=C\C/C=C\CCCCC)C(O)/C=C/CCCCCCCCCCCCC. The molecule has 1 amide bonds. The molecule has 1 heterocycles. The topological polar surface area (TPSA) is 175 Å². The predicted molar refractivity (Wildman–Crippen MR) is 338 cm³/mol. The first-order chi connectivity index (χ1) is 39.7. The van der Waals surface area contributed by atoms with E-state index < -0.39 is 67.4 Å². The Labute approximate surface area is 493 Å². The summed E-state index contributed by atoms with van der Waals surface area (Å²) in [5.74, 6) is -1.28. The van der Waals surface area contributed by atoms with Gasteiger partial charge in [-0.2, -0.15) is 0 Å². The molecule has 462 valence electrons. The van der Waals surface area contributed by atoms with Gasteiger partial charge in [0.25, 0.3) is 0 Å². The Morgan fingerprint density at radius 1 is 0.506 bits per heavy atom. The van der Waals surface area contributed by atoms with Crippen LogP contribution in [0.15, 0.2) is 122 Å². The fourth-order valence-corrected chi connectivity index (χ4v) is 9.37. The van der Waals surface area contributed by atoms with E-state index in [0.29, 0.717) is 12.8 Å². The third-order valence-electron chi connectivity index (χ3n) is 14.5. The van der Waals surface area contributed by atoms with Crippen molar-refractivity contribution in [2.45, 2.75) is 294 Å². The summed E-state index contributed by atoms with van der Waals surface area (Å²) < 4.78 is 17.6. The van der Waals surface area contributed by atoms with Crippen molar-refractivity contribution < 1.29 is 49.3 Å². The summed E-state index contributed by atoms with van der Waals surface area (Å²) in [4.78, 5) is 26.5. The first-order valence-corrected chi connectivity index (χ1v) is 32.4. The fourth-order valence-electron chi connectivity index (χ4n) is 9.37. The van der Waals surface area contributed by atoms with Gasteiger partial charge < -0.3 is 45.1 Å². The smallest absolute Gasteiger partial charge is 0.306 e. The lowest BCUT2D eigenvalue weighted by Crippen LogP contribution is -2.61. The Morgan fingerprint density at radius 2 is 0.938 bits per heavy atom. The molecule has 1 rings (SSSR count). The van der Waals surface area contributed by atoms with E-state index in [4.69, 9.17) is 14.2 Å². The highest BCUT2D eigenvalue weighted by Gasteiger charge is 2.47. The second-order valence-electron chi connectivity index (χ2n) is 21.9. The molecule has 0 aromatic rings. The van der Waals surface area contributed by atoms with Crippen molar-refractivity contribution in [3.05, 3.63) is 122 Å². The average Bonchev–Trinajstić information content (AvgIpc) is 3.50. The number of hydrogen-bond donors (Lipinski definition) is 6. The maximum Gasteiger partial charge on any atom is 0.306 e. The number of nitrogens with one attached hydrogen (secondary N) is 1. The second kappa shape index (κ2) is 56.5. The van der Waals surface area contributed by atoms with Gasteiger partial charge in [0.1, 0.15) is 24.4 Å². The van der Waals surface area contributed by atoms with Crippen molar-refractivity contribution in [1.29, 1.82) is 0 Å². The predicted octanol–water partition coefficient (Wildman–Crippen LogP) is 15.8. The Kier molecular flexibility index (Phi) is 52.4. The van der Waals surface area contributed by atoms with Gasteiger partial charge in [-0.15, -0.1) is 0 Å². The van der Waals surface area contributed by atoms with Gasteiger partial charge in [0.2, 0.25) is 5.91 Å². The molecule has 1 aliphatic rings. The molecule has 0 bridgehead atoms. The number of ether oxygens (including phenoxy) is 3. The normalized spacial score (nSPS) is 19.5. The summed E-state index contributed by atoms with van der Waals surface area (Å²) in [6.45, 7) is 5.56. The molecule has 8 unspecified atom stereocenters. The van der Waals surface area contributed by atoms with Crippen LogP contribution in [0.2, 0.25) is 0 Å². The highest BCUT2D eigenvalue weighted by Crippen LogP contribution is 2.26. The second-order valence-corrected chi connectivity index (χ2v) is 21.9. The number of carbonyl (C=O) groups is 2. The van der Waals surface area contributed by atoms with Gasteiger partial charge in [-0.1, -0.05) is 277 Å². The number of aliphatic hydroxyl groups is 5. The summed E-state index contributed by atoms with van der Waals surface area (Å²) in [6.07, 6.45) is 68.3. The summed E-state index contributed by atoms with van der Waals surface area (Å²) in [5, 5.41) is 56.9. The van der Waals surface area contributed by atoms with E-state index in [-0.39, 0.29) is 19.4 Å². The van der Waals surface area contributed by atoms with Crippen molar-refractivity contribution in [2.75, 3.05) is 13.2 Å². The van der Waals surface area contributed by atoms with Crippen LogP contribution in [0, 0.1) is 0 Å². The molecule has 1 aliphatic heterocycles. The molecule has 0 spiro atoms. The van der Waals surface area contributed by atoms with Gasteiger partial charge in [0.05, 0.1) is 25.4 Å². The van der Waals surface area contributed by atoms with Crippen LogP contribution < -0.4 is 5.32 Å². The number of aliphatic hydroxyl groups excluding tert-OH is 5. The molecule has 0 radical (unpaired) electrons. The van der Waals surface area contributed by atoms with Gasteiger partial charge in [0, 0.05) is 6.42 Å². The van der Waals surface area contributed by atoms with E-state index in [0.717, 1.165) is 83.5 Å². The zero-order valence-electron chi connectivity index (χ0n) is 51.1. The summed E-state index contributed by atoms with van der Waals surface area (Å²) in [5.41, 5.74) is 0. The van der Waals surface area contributed by atoms with Crippen LogP contribution in [-0.4, -0.2) is 99.6 Å². The number of amides is 1. The molecule has 11 nitrogen and oxygen atoms in total. The van der Waals surface area contributed by atoms with Crippen LogP contribution in [0.5, 0.6) is 0 Å². The molecule has 81 heavy (non-hydrogen) atoms. The van der Waals surface area contributed by atoms with Crippen molar-refractivity contribution >= 4 is 11.9 Å². The Hall–Kier alpha value is -3.94.